The van der Waals surface area contributed by atoms with E-state index in [1.165, 1.54) is 0 Å². The summed E-state index contributed by atoms with van der Waals surface area (Å²) in [6, 6.07) is 0. The van der Waals surface area contributed by atoms with Crippen molar-refractivity contribution in [3.05, 3.63) is 0 Å². The minimum absolute atomic E-state index is 0.114. The highest BCUT2D eigenvalue weighted by Crippen LogP contribution is 2.43. The van der Waals surface area contributed by atoms with E-state index in [0.717, 1.165) is 0 Å². The van der Waals surface area contributed by atoms with Crippen LogP contribution in [0.1, 0.15) is 34.1 Å². The Labute approximate surface area is 111 Å². The highest BCUT2D eigenvalue weighted by Gasteiger charge is 2.26. The molecular weight excluding hydrogens is 279 g/mol. The van der Waals surface area contributed by atoms with Gasteiger partial charge in [0.05, 0.1) is 5.41 Å². The fraction of sp³-hybridized carbons (Fsp3) is 0.800. The summed E-state index contributed by atoms with van der Waals surface area (Å²) in [4.78, 5) is 31.2. The molecule has 0 fully saturated rings. The van der Waals surface area contributed by atoms with Crippen molar-refractivity contribution in [2.24, 2.45) is 5.41 Å². The van der Waals surface area contributed by atoms with Gasteiger partial charge in [-0.05, 0) is 20.8 Å². The molecule has 0 aromatic carbocycles. The third kappa shape index (κ3) is 8.72. The topological polar surface area (TPSA) is 108 Å². The Balaban J connectivity index is 3.95. The summed E-state index contributed by atoms with van der Waals surface area (Å²) in [7, 11) is -4.42. The third-order valence-electron chi connectivity index (χ3n) is 1.74. The fourth-order valence-electron chi connectivity index (χ4n) is 0.661. The minimum Gasteiger partial charge on any atom is -0.438 e. The van der Waals surface area contributed by atoms with Crippen LogP contribution in [0.3, 0.4) is 0 Å². The smallest absolute Gasteiger partial charge is 0.438 e. The highest BCUT2D eigenvalue weighted by atomic mass is 31.2. The van der Waals surface area contributed by atoms with Gasteiger partial charge in [-0.25, -0.2) is 13.6 Å². The van der Waals surface area contributed by atoms with E-state index in [2.05, 4.69) is 18.5 Å². The number of phosphoric ester groups is 1. The second-order valence-electron chi connectivity index (χ2n) is 4.51. The lowest BCUT2D eigenvalue weighted by atomic mass is 9.98. The monoisotopic (exact) mass is 298 g/mol. The van der Waals surface area contributed by atoms with Crippen LogP contribution in [0, 0.1) is 5.41 Å². The highest BCUT2D eigenvalue weighted by molar-refractivity contribution is 7.47. The molecule has 0 aliphatic rings. The lowest BCUT2D eigenvalue weighted by Crippen LogP contribution is -2.23. The second kappa shape index (κ2) is 7.59. The maximum atomic E-state index is 11.3. The largest absolute Gasteiger partial charge is 0.478 e. The molecule has 0 saturated heterocycles. The van der Waals surface area contributed by atoms with E-state index in [0.29, 0.717) is 0 Å². The van der Waals surface area contributed by atoms with Gasteiger partial charge in [-0.15, -0.1) is 0 Å². The molecule has 0 aromatic rings. The summed E-state index contributed by atoms with van der Waals surface area (Å²) < 4.78 is 29.0. The van der Waals surface area contributed by atoms with Crippen molar-refractivity contribution in [1.29, 1.82) is 0 Å². The molecule has 0 bridgehead atoms. The number of esters is 2. The van der Waals surface area contributed by atoms with Gasteiger partial charge in [0.25, 0.3) is 0 Å². The van der Waals surface area contributed by atoms with E-state index in [1.54, 1.807) is 27.7 Å². The van der Waals surface area contributed by atoms with Gasteiger partial charge in [-0.2, -0.15) is 0 Å². The van der Waals surface area contributed by atoms with Crippen molar-refractivity contribution in [3.63, 3.8) is 0 Å². The average molecular weight is 298 g/mol. The first-order valence-electron chi connectivity index (χ1n) is 5.53. The van der Waals surface area contributed by atoms with Crippen LogP contribution in [0.5, 0.6) is 0 Å². The van der Waals surface area contributed by atoms with E-state index in [-0.39, 0.29) is 6.42 Å². The average Bonchev–Trinajstić information content (AvgIpc) is 2.26. The van der Waals surface area contributed by atoms with Crippen LogP contribution >= 0.6 is 7.82 Å². The lowest BCUT2D eigenvalue weighted by Gasteiger charge is -2.17. The summed E-state index contributed by atoms with van der Waals surface area (Å²) in [5, 5.41) is 0. The zero-order chi connectivity index (χ0) is 15.1. The van der Waals surface area contributed by atoms with Gasteiger partial charge in [0.15, 0.2) is 0 Å². The number of rotatable bonds is 7. The van der Waals surface area contributed by atoms with Gasteiger partial charge < -0.3 is 14.4 Å². The lowest BCUT2D eigenvalue weighted by molar-refractivity contribution is -0.161. The van der Waals surface area contributed by atoms with Gasteiger partial charge in [0.2, 0.25) is 13.6 Å². The Morgan fingerprint density at radius 2 is 1.58 bits per heavy atom. The van der Waals surface area contributed by atoms with E-state index >= 15 is 0 Å². The third-order valence-corrected chi connectivity index (χ3v) is 2.61. The number of ether oxygens (including phenoxy) is 2. The van der Waals surface area contributed by atoms with Crippen LogP contribution < -0.4 is 0 Å². The van der Waals surface area contributed by atoms with E-state index in [1.807, 2.05) is 0 Å². The standard InChI is InChI=1S/C10H19O8P/c1-5-8(11)15-6-17-19(13,14)18-7-16-9(12)10(2,3)4/h5-7H2,1-4H3,(H,13,14). The second-order valence-corrected chi connectivity index (χ2v) is 5.97. The van der Waals surface area contributed by atoms with Crippen LogP contribution in [0.4, 0.5) is 0 Å². The molecule has 1 atom stereocenters. The number of hydrogen-bond donors (Lipinski definition) is 1. The van der Waals surface area contributed by atoms with Crippen LogP contribution in [0.2, 0.25) is 0 Å². The molecule has 0 aliphatic carbocycles. The van der Waals surface area contributed by atoms with E-state index in [4.69, 9.17) is 4.89 Å². The predicted molar refractivity (Wildman–Crippen MR) is 63.7 cm³/mol. The van der Waals surface area contributed by atoms with Crippen molar-refractivity contribution >= 4 is 19.8 Å². The first-order valence-corrected chi connectivity index (χ1v) is 7.03. The molecule has 112 valence electrons. The first-order chi connectivity index (χ1) is 8.58. The van der Waals surface area contributed by atoms with Crippen molar-refractivity contribution < 1.29 is 37.6 Å². The van der Waals surface area contributed by atoms with Gasteiger partial charge >= 0.3 is 19.8 Å². The Hall–Kier alpha value is -0.950. The molecule has 9 heteroatoms. The maximum absolute atomic E-state index is 11.3. The summed E-state index contributed by atoms with van der Waals surface area (Å²) >= 11 is 0. The zero-order valence-electron chi connectivity index (χ0n) is 11.4. The minimum atomic E-state index is -4.42. The van der Waals surface area contributed by atoms with Gasteiger partial charge in [0.1, 0.15) is 0 Å². The van der Waals surface area contributed by atoms with E-state index in [9.17, 15) is 14.2 Å². The molecule has 0 amide bonds. The number of hydrogen-bond acceptors (Lipinski definition) is 7. The first kappa shape index (κ1) is 18.0. The van der Waals surface area contributed by atoms with Gasteiger partial charge in [0, 0.05) is 6.42 Å². The molecule has 19 heavy (non-hydrogen) atoms. The Bertz CT molecular complexity index is 359. The van der Waals surface area contributed by atoms with Crippen LogP contribution in [-0.2, 0) is 32.7 Å². The van der Waals surface area contributed by atoms with Crippen LogP contribution in [-0.4, -0.2) is 30.4 Å². The van der Waals surface area contributed by atoms with Crippen molar-refractivity contribution in [2.75, 3.05) is 13.6 Å². The van der Waals surface area contributed by atoms with Crippen LogP contribution in [0.25, 0.3) is 0 Å². The normalized spacial score (nSPS) is 14.6. The molecule has 0 rings (SSSR count). The molecule has 8 nitrogen and oxygen atoms in total. The summed E-state index contributed by atoms with van der Waals surface area (Å²) in [6.45, 7) is 4.97. The SMILES string of the molecule is CCC(=O)OCOP(=O)(O)OCOC(=O)C(C)(C)C. The molecule has 1 N–H and O–H groups in total. The molecule has 0 radical (unpaired) electrons. The van der Waals surface area contributed by atoms with Crippen LogP contribution in [0.15, 0.2) is 0 Å². The number of phosphoric acid groups is 1. The quantitative estimate of drug-likeness (QED) is 0.428. The van der Waals surface area contributed by atoms with Crippen molar-refractivity contribution in [2.45, 2.75) is 34.1 Å². The summed E-state index contributed by atoms with van der Waals surface area (Å²) in [6.07, 6.45) is 0.114. The molecule has 0 aliphatic heterocycles. The molecule has 1 unspecified atom stereocenters. The molecule has 0 spiro atoms. The maximum Gasteiger partial charge on any atom is 0.478 e. The number of carbonyl (C=O) groups is 2. The Morgan fingerprint density at radius 1 is 1.11 bits per heavy atom. The zero-order valence-corrected chi connectivity index (χ0v) is 12.3. The Morgan fingerprint density at radius 3 is 2.00 bits per heavy atom. The van der Waals surface area contributed by atoms with E-state index < -0.39 is 38.8 Å². The molecule has 0 saturated carbocycles. The predicted octanol–water partition coefficient (Wildman–Crippen LogP) is 1.58. The summed E-state index contributed by atoms with van der Waals surface area (Å²) in [5.74, 6) is -1.18. The van der Waals surface area contributed by atoms with Gasteiger partial charge in [-0.1, -0.05) is 6.92 Å². The Kier molecular flexibility index (Phi) is 7.21. The van der Waals surface area contributed by atoms with Crippen molar-refractivity contribution in [1.82, 2.24) is 0 Å². The molecule has 0 aromatic heterocycles. The number of carbonyl (C=O) groups excluding carboxylic acids is 2. The molecule has 0 heterocycles. The molecular formula is C10H19O8P. The summed E-state index contributed by atoms with van der Waals surface area (Å²) in [5.41, 5.74) is -0.750. The fourth-order valence-corrected chi connectivity index (χ4v) is 1.11. The van der Waals surface area contributed by atoms with Gasteiger partial charge in [-0.3, -0.25) is 9.59 Å². The van der Waals surface area contributed by atoms with Crippen molar-refractivity contribution in [3.8, 4) is 0 Å².